The summed E-state index contributed by atoms with van der Waals surface area (Å²) in [5.41, 5.74) is 4.71. The molecular weight excluding hydrogens is 741 g/mol. The largest absolute Gasteiger partial charge is 0.477 e. The van der Waals surface area contributed by atoms with Crippen LogP contribution in [0.2, 0.25) is 0 Å². The van der Waals surface area contributed by atoms with E-state index < -0.39 is 58.4 Å². The number of aliphatic carboxylic acids is 2. The summed E-state index contributed by atoms with van der Waals surface area (Å²) in [4.78, 5) is 99.5. The van der Waals surface area contributed by atoms with Crippen molar-refractivity contribution >= 4 is 109 Å². The maximum atomic E-state index is 13.7. The molecule has 1 saturated heterocycles. The number of amides is 4. The number of nitrogens with zero attached hydrogens (tertiary/aromatic N) is 6. The van der Waals surface area contributed by atoms with Gasteiger partial charge in [0.05, 0.1) is 0 Å². The molecule has 0 unspecified atom stereocenters. The van der Waals surface area contributed by atoms with E-state index in [0.717, 1.165) is 39.3 Å². The number of nitrogens with one attached hydrogen (secondary N) is 3. The van der Waals surface area contributed by atoms with Crippen molar-refractivity contribution in [2.24, 2.45) is 15.3 Å². The van der Waals surface area contributed by atoms with Crippen molar-refractivity contribution < 1.29 is 48.7 Å². The highest BCUT2D eigenvalue weighted by atomic mass is 32.2. The van der Waals surface area contributed by atoms with Crippen LogP contribution in [0.5, 0.6) is 0 Å². The molecule has 0 aromatic carbocycles. The predicted molar refractivity (Wildman–Crippen MR) is 183 cm³/mol. The van der Waals surface area contributed by atoms with Gasteiger partial charge in [-0.15, -0.1) is 46.2 Å². The van der Waals surface area contributed by atoms with Gasteiger partial charge in [0.25, 0.3) is 23.6 Å². The zero-order valence-corrected chi connectivity index (χ0v) is 29.0. The predicted octanol–water partition coefficient (Wildman–Crippen LogP) is -0.637. The van der Waals surface area contributed by atoms with Gasteiger partial charge in [-0.05, 0) is 6.08 Å². The van der Waals surface area contributed by atoms with Gasteiger partial charge in [-0.1, -0.05) is 10.3 Å². The first kappa shape index (κ1) is 36.2. The number of rotatable bonds is 13. The van der Waals surface area contributed by atoms with Crippen LogP contribution in [0.3, 0.4) is 0 Å². The highest BCUT2D eigenvalue weighted by Gasteiger charge is 2.53. The molecule has 3 aliphatic rings. The summed E-state index contributed by atoms with van der Waals surface area (Å²) in [7, 11) is 2.39. The van der Waals surface area contributed by atoms with E-state index in [1.165, 1.54) is 42.8 Å². The molecule has 24 heteroatoms. The van der Waals surface area contributed by atoms with Crippen molar-refractivity contribution in [2.45, 2.75) is 29.3 Å². The molecule has 0 bridgehead atoms. The van der Waals surface area contributed by atoms with E-state index >= 15 is 0 Å². The van der Waals surface area contributed by atoms with Gasteiger partial charge in [0.2, 0.25) is 0 Å². The molecule has 4 amide bonds. The molecule has 0 spiro atoms. The van der Waals surface area contributed by atoms with Crippen molar-refractivity contribution in [3.8, 4) is 0 Å². The second-order valence-corrected chi connectivity index (χ2v) is 14.1. The number of hydrogen-bond donors (Lipinski definition) is 6. The number of nitrogens with two attached hydrogens (primary N) is 1. The van der Waals surface area contributed by atoms with Crippen LogP contribution in [0.4, 0.5) is 10.3 Å². The number of thiazole rings is 2. The third kappa shape index (κ3) is 7.71. The Bertz CT molecular complexity index is 1860. The molecule has 264 valence electrons. The summed E-state index contributed by atoms with van der Waals surface area (Å²) in [6.45, 7) is 0. The molecule has 4 atom stereocenters. The lowest BCUT2D eigenvalue weighted by molar-refractivity contribution is -0.150. The van der Waals surface area contributed by atoms with Gasteiger partial charge in [-0.3, -0.25) is 29.1 Å². The highest BCUT2D eigenvalue weighted by molar-refractivity contribution is 8.00. The highest BCUT2D eigenvalue weighted by Crippen LogP contribution is 2.37. The van der Waals surface area contributed by atoms with Gasteiger partial charge < -0.3 is 41.6 Å². The third-order valence-electron chi connectivity index (χ3n) is 6.90. The van der Waals surface area contributed by atoms with Crippen LogP contribution in [-0.2, 0) is 38.4 Å². The zero-order valence-electron chi connectivity index (χ0n) is 25.7. The van der Waals surface area contributed by atoms with Crippen molar-refractivity contribution in [3.63, 3.8) is 0 Å². The third-order valence-corrected chi connectivity index (χ3v) is 10.7. The van der Waals surface area contributed by atoms with Gasteiger partial charge in [0.15, 0.2) is 21.7 Å². The van der Waals surface area contributed by atoms with Crippen molar-refractivity contribution in [3.05, 3.63) is 33.9 Å². The number of carboxylic acid groups (broad SMARTS) is 2. The van der Waals surface area contributed by atoms with Crippen molar-refractivity contribution in [1.29, 1.82) is 0 Å². The Morgan fingerprint density at radius 1 is 1.00 bits per heavy atom. The van der Waals surface area contributed by atoms with Gasteiger partial charge in [-0.25, -0.2) is 19.6 Å². The summed E-state index contributed by atoms with van der Waals surface area (Å²) in [5, 5.41) is 35.2. The summed E-state index contributed by atoms with van der Waals surface area (Å²) >= 11 is 4.33. The number of nitrogen functional groups attached to an aromatic ring is 1. The van der Waals surface area contributed by atoms with Crippen LogP contribution in [-0.4, -0.2) is 126 Å². The maximum Gasteiger partial charge on any atom is 0.352 e. The molecule has 2 aromatic rings. The topological polar surface area (TPSA) is 290 Å². The molecule has 0 aliphatic carbocycles. The Morgan fingerprint density at radius 2 is 1.68 bits per heavy atom. The standard InChI is InChI=1S/C26H26N10O10S4/c1-45-34-13(10-7-49-25(27)29-10)17(37)31-15(20-28-9(23(41)42)3-5-47-20)19(39)33-26-30-11(8-50-26)14(35-46-2)18(38)32-16-21(40)36-12(24(43)44)4-6-48-22(16)36/h4,7-8,15-16,20,22H,3,5-6H2,1-2H3,(H2,27,29)(H,31,37)(H,32,38)(H,41,42)(H,43,44)(H,30,33,39)/b34-13-,35-14-/t15-,16+,20+,22+/m0/s1. The van der Waals surface area contributed by atoms with E-state index in [2.05, 4.69) is 41.2 Å². The lowest BCUT2D eigenvalue weighted by Crippen LogP contribution is -2.70. The normalized spacial score (nSPS) is 21.0. The summed E-state index contributed by atoms with van der Waals surface area (Å²) < 4.78 is 0. The number of fused-ring (bicyclic) bond motifs is 1. The SMILES string of the molecule is CO/N=C(\C(=O)N[C@@H]1C(=O)N2C(C(=O)O)=CCS[C@H]12)c1csc(NC(=O)[C@H](NC(=O)/C(=N\OC)c2csc(N)n2)[C@@H]2N=C(C(=O)O)CCS2)n1. The first-order valence-electron chi connectivity index (χ1n) is 14.0. The second kappa shape index (κ2) is 15.6. The number of carbonyl (C=O) groups is 6. The summed E-state index contributed by atoms with van der Waals surface area (Å²) in [5.74, 6) is -5.14. The summed E-state index contributed by atoms with van der Waals surface area (Å²) in [6, 6.07) is -2.51. The molecule has 0 radical (unpaired) electrons. The zero-order chi connectivity index (χ0) is 36.1. The Balaban J connectivity index is 1.34. The first-order chi connectivity index (χ1) is 23.9. The van der Waals surface area contributed by atoms with Crippen LogP contribution in [0.15, 0.2) is 37.8 Å². The van der Waals surface area contributed by atoms with Gasteiger partial charge in [0, 0.05) is 28.7 Å². The Labute approximate surface area is 297 Å². The summed E-state index contributed by atoms with van der Waals surface area (Å²) in [6.07, 6.45) is 1.54. The Kier molecular flexibility index (Phi) is 11.3. The first-order valence-corrected chi connectivity index (χ1v) is 17.9. The number of aromatic nitrogens is 2. The minimum absolute atomic E-state index is 0.0490. The average Bonchev–Trinajstić information content (AvgIpc) is 3.75. The quantitative estimate of drug-likeness (QED) is 0.0840. The van der Waals surface area contributed by atoms with E-state index in [4.69, 9.17) is 15.4 Å². The maximum absolute atomic E-state index is 13.7. The number of oxime groups is 2. The second-order valence-electron chi connectivity index (χ2n) is 9.96. The number of aliphatic imine (C=N–C) groups is 1. The minimum Gasteiger partial charge on any atom is -0.477 e. The van der Waals surface area contributed by atoms with Crippen LogP contribution < -0.4 is 21.7 Å². The van der Waals surface area contributed by atoms with E-state index in [9.17, 15) is 39.0 Å². The molecule has 20 nitrogen and oxygen atoms in total. The molecule has 2 aromatic heterocycles. The molecular formula is C26H26N10O10S4. The number of β-lactam (4-membered cyclic amide) rings is 1. The lowest BCUT2D eigenvalue weighted by Gasteiger charge is -2.48. The molecule has 7 N–H and O–H groups in total. The Morgan fingerprint density at radius 3 is 2.32 bits per heavy atom. The van der Waals surface area contributed by atoms with Gasteiger partial charge >= 0.3 is 11.9 Å². The number of carbonyl (C=O) groups excluding carboxylic acids is 4. The fourth-order valence-electron chi connectivity index (χ4n) is 4.70. The monoisotopic (exact) mass is 766 g/mol. The molecule has 3 aliphatic heterocycles. The fraction of sp³-hybridized carbons (Fsp3) is 0.346. The van der Waals surface area contributed by atoms with Crippen LogP contribution in [0.25, 0.3) is 0 Å². The van der Waals surface area contributed by atoms with E-state index in [1.807, 2.05) is 0 Å². The Hall–Kier alpha value is -5.07. The molecule has 5 rings (SSSR count). The number of thioether (sulfide) groups is 2. The number of anilines is 2. The smallest absolute Gasteiger partial charge is 0.352 e. The van der Waals surface area contributed by atoms with Crippen LogP contribution >= 0.6 is 46.2 Å². The van der Waals surface area contributed by atoms with Gasteiger partial charge in [0.1, 0.15) is 59.8 Å². The number of hydrogen-bond acceptors (Lipinski definition) is 18. The molecule has 1 fully saturated rings. The molecule has 0 saturated carbocycles. The average molecular weight is 767 g/mol. The van der Waals surface area contributed by atoms with E-state index in [0.29, 0.717) is 11.5 Å². The van der Waals surface area contributed by atoms with Crippen molar-refractivity contribution in [2.75, 3.05) is 36.8 Å². The van der Waals surface area contributed by atoms with E-state index in [-0.39, 0.29) is 50.9 Å². The van der Waals surface area contributed by atoms with E-state index in [1.54, 1.807) is 0 Å². The van der Waals surface area contributed by atoms with Crippen molar-refractivity contribution in [1.82, 2.24) is 25.5 Å². The molecule has 50 heavy (non-hydrogen) atoms. The molecule has 5 heterocycles. The van der Waals surface area contributed by atoms with Gasteiger partial charge in [-0.2, -0.15) is 0 Å². The lowest BCUT2D eigenvalue weighted by atomic mass is 10.0. The van der Waals surface area contributed by atoms with Crippen LogP contribution in [0, 0.1) is 0 Å². The fourth-order valence-corrected chi connectivity index (χ4v) is 8.28. The minimum atomic E-state index is -1.46. The van der Waals surface area contributed by atoms with Crippen LogP contribution in [0.1, 0.15) is 17.8 Å². The number of carboxylic acids is 2.